The molecule has 0 unspecified atom stereocenters. The Kier molecular flexibility index (Phi) is 16.5. The molecule has 162 valence electrons. The summed E-state index contributed by atoms with van der Waals surface area (Å²) in [7, 11) is 0. The van der Waals surface area contributed by atoms with Gasteiger partial charge in [-0.15, -0.1) is 0 Å². The van der Waals surface area contributed by atoms with E-state index in [9.17, 15) is 9.59 Å². The average Bonchev–Trinajstić information content (AvgIpc) is 2.56. The van der Waals surface area contributed by atoms with E-state index in [1.54, 1.807) is 13.8 Å². The Balaban J connectivity index is 0. The summed E-state index contributed by atoms with van der Waals surface area (Å²) in [6.45, 7) is 15.4. The summed E-state index contributed by atoms with van der Waals surface area (Å²) in [4.78, 5) is 22.5. The Morgan fingerprint density at radius 1 is 1.11 bits per heavy atom. The molecule has 2 amide bonds. The lowest BCUT2D eigenvalue weighted by atomic mass is 10.1. The maximum absolute atomic E-state index is 11.4. The van der Waals surface area contributed by atoms with Crippen LogP contribution < -0.4 is 10.6 Å². The van der Waals surface area contributed by atoms with Crippen LogP contribution in [0.15, 0.2) is 0 Å². The van der Waals surface area contributed by atoms with E-state index in [4.69, 9.17) is 9.84 Å². The zero-order valence-corrected chi connectivity index (χ0v) is 20.4. The van der Waals surface area contributed by atoms with Crippen LogP contribution in [0.25, 0.3) is 0 Å². The normalized spacial score (nSPS) is 11.6. The average molecular weight is 500 g/mol. The highest BCUT2D eigenvalue weighted by atomic mass is 127. The number of halogens is 1. The SMILES string of the molecule is CC(C)(CO)OCCNC(=O)C(C)(C)I.CCCCNC(=O)CCC(C)C. The molecule has 0 aromatic heterocycles. The van der Waals surface area contributed by atoms with Crippen molar-refractivity contribution in [3.05, 3.63) is 0 Å². The third-order valence-electron chi connectivity index (χ3n) is 3.60. The number of hydrogen-bond donors (Lipinski definition) is 3. The summed E-state index contributed by atoms with van der Waals surface area (Å²) in [5, 5.41) is 14.6. The van der Waals surface area contributed by atoms with Crippen LogP contribution in [0.5, 0.6) is 0 Å². The second kappa shape index (κ2) is 15.5. The first-order chi connectivity index (χ1) is 12.4. The molecular weight excluding hydrogens is 459 g/mol. The smallest absolute Gasteiger partial charge is 0.235 e. The van der Waals surface area contributed by atoms with Gasteiger partial charge in [-0.2, -0.15) is 0 Å². The molecule has 0 radical (unpaired) electrons. The molecule has 0 spiro atoms. The lowest BCUT2D eigenvalue weighted by Gasteiger charge is -2.23. The minimum absolute atomic E-state index is 0.00601. The summed E-state index contributed by atoms with van der Waals surface area (Å²) >= 11 is 2.09. The Bertz CT molecular complexity index is 407. The Morgan fingerprint density at radius 2 is 1.70 bits per heavy atom. The number of alkyl halides is 1. The van der Waals surface area contributed by atoms with Gasteiger partial charge in [-0.05, 0) is 46.5 Å². The first-order valence-electron chi connectivity index (χ1n) is 9.84. The molecule has 0 aliphatic heterocycles. The van der Waals surface area contributed by atoms with Gasteiger partial charge < -0.3 is 20.5 Å². The number of carbonyl (C=O) groups is 2. The van der Waals surface area contributed by atoms with Gasteiger partial charge in [0, 0.05) is 19.5 Å². The fourth-order valence-electron chi connectivity index (χ4n) is 1.66. The van der Waals surface area contributed by atoms with Crippen molar-refractivity contribution < 1.29 is 19.4 Å². The molecule has 0 saturated heterocycles. The summed E-state index contributed by atoms with van der Waals surface area (Å²) < 4.78 is 4.98. The molecule has 0 atom stereocenters. The van der Waals surface area contributed by atoms with Crippen LogP contribution >= 0.6 is 22.6 Å². The van der Waals surface area contributed by atoms with Gasteiger partial charge in [0.1, 0.15) is 0 Å². The van der Waals surface area contributed by atoms with E-state index in [-0.39, 0.29) is 18.4 Å². The third kappa shape index (κ3) is 20.1. The minimum atomic E-state index is -0.537. The number of rotatable bonds is 12. The van der Waals surface area contributed by atoms with Crippen molar-refractivity contribution >= 4 is 34.4 Å². The molecule has 27 heavy (non-hydrogen) atoms. The lowest BCUT2D eigenvalue weighted by Crippen LogP contribution is -2.40. The van der Waals surface area contributed by atoms with E-state index in [2.05, 4.69) is 54.0 Å². The number of nitrogens with one attached hydrogen (secondary N) is 2. The lowest BCUT2D eigenvalue weighted by molar-refractivity contribution is -0.123. The van der Waals surface area contributed by atoms with Crippen LogP contribution in [-0.4, -0.2) is 52.2 Å². The number of unbranched alkanes of at least 4 members (excludes halogenated alkanes) is 1. The van der Waals surface area contributed by atoms with Crippen molar-refractivity contribution in [3.63, 3.8) is 0 Å². The Hall–Kier alpha value is -0.410. The topological polar surface area (TPSA) is 87.7 Å². The zero-order chi connectivity index (χ0) is 21.5. The van der Waals surface area contributed by atoms with Crippen molar-refractivity contribution in [1.82, 2.24) is 10.6 Å². The molecule has 0 aromatic rings. The standard InChI is InChI=1S/C10H20INO3.C10H21NO/c1-9(2,7-13)15-6-5-12-8(14)10(3,4)11;1-4-5-8-11-10(12)7-6-9(2)3/h13H,5-7H2,1-4H3,(H,12,14);9H,4-8H2,1-3H3,(H,11,12). The maximum atomic E-state index is 11.4. The van der Waals surface area contributed by atoms with Crippen molar-refractivity contribution in [1.29, 1.82) is 0 Å². The van der Waals surface area contributed by atoms with Crippen molar-refractivity contribution in [2.45, 2.75) is 83.2 Å². The summed E-state index contributed by atoms with van der Waals surface area (Å²) in [5.74, 6) is 0.826. The Labute approximate surface area is 179 Å². The number of amides is 2. The first-order valence-corrected chi connectivity index (χ1v) is 10.9. The van der Waals surface area contributed by atoms with E-state index in [1.807, 2.05) is 13.8 Å². The maximum Gasteiger partial charge on any atom is 0.235 e. The zero-order valence-electron chi connectivity index (χ0n) is 18.3. The van der Waals surface area contributed by atoms with Crippen LogP contribution in [0.1, 0.15) is 74.1 Å². The molecule has 7 heteroatoms. The van der Waals surface area contributed by atoms with E-state index < -0.39 is 9.02 Å². The Morgan fingerprint density at radius 3 is 2.15 bits per heavy atom. The van der Waals surface area contributed by atoms with Gasteiger partial charge in [0.2, 0.25) is 11.8 Å². The minimum Gasteiger partial charge on any atom is -0.393 e. The molecule has 0 aliphatic rings. The molecule has 0 saturated carbocycles. The molecular formula is C20H41IN2O4. The van der Waals surface area contributed by atoms with Gasteiger partial charge in [0.25, 0.3) is 0 Å². The van der Waals surface area contributed by atoms with E-state index in [1.165, 1.54) is 0 Å². The summed E-state index contributed by atoms with van der Waals surface area (Å²) in [5.41, 5.74) is -0.537. The second-order valence-corrected chi connectivity index (χ2v) is 10.8. The molecule has 0 aromatic carbocycles. The highest BCUT2D eigenvalue weighted by molar-refractivity contribution is 14.1. The van der Waals surface area contributed by atoms with Crippen molar-refractivity contribution in [2.24, 2.45) is 5.92 Å². The first kappa shape index (κ1) is 28.8. The second-order valence-electron chi connectivity index (χ2n) is 8.13. The van der Waals surface area contributed by atoms with Gasteiger partial charge in [-0.25, -0.2) is 0 Å². The predicted molar refractivity (Wildman–Crippen MR) is 120 cm³/mol. The van der Waals surface area contributed by atoms with Gasteiger partial charge in [0.05, 0.1) is 22.2 Å². The molecule has 0 aliphatic carbocycles. The van der Waals surface area contributed by atoms with Gasteiger partial charge in [0.15, 0.2) is 0 Å². The molecule has 0 rings (SSSR count). The summed E-state index contributed by atoms with van der Waals surface area (Å²) in [6.07, 6.45) is 3.91. The number of aliphatic hydroxyl groups excluding tert-OH is 1. The van der Waals surface area contributed by atoms with Crippen LogP contribution in [0, 0.1) is 5.92 Å². The van der Waals surface area contributed by atoms with E-state index in [0.29, 0.717) is 25.5 Å². The van der Waals surface area contributed by atoms with Crippen LogP contribution in [0.2, 0.25) is 0 Å². The van der Waals surface area contributed by atoms with Gasteiger partial charge >= 0.3 is 0 Å². The van der Waals surface area contributed by atoms with Crippen LogP contribution in [-0.2, 0) is 14.3 Å². The fourth-order valence-corrected chi connectivity index (χ4v) is 1.85. The predicted octanol–water partition coefficient (Wildman–Crippen LogP) is 3.44. The van der Waals surface area contributed by atoms with Crippen LogP contribution in [0.4, 0.5) is 0 Å². The highest BCUT2D eigenvalue weighted by Crippen LogP contribution is 2.16. The number of hydrogen-bond acceptors (Lipinski definition) is 4. The quantitative estimate of drug-likeness (QED) is 0.218. The highest BCUT2D eigenvalue weighted by Gasteiger charge is 2.23. The monoisotopic (exact) mass is 500 g/mol. The van der Waals surface area contributed by atoms with Gasteiger partial charge in [-0.3, -0.25) is 9.59 Å². The molecule has 3 N–H and O–H groups in total. The summed E-state index contributed by atoms with van der Waals surface area (Å²) in [6, 6.07) is 0. The van der Waals surface area contributed by atoms with Crippen molar-refractivity contribution in [3.8, 4) is 0 Å². The largest absolute Gasteiger partial charge is 0.393 e. The number of carbonyl (C=O) groups excluding carboxylic acids is 2. The molecule has 0 bridgehead atoms. The van der Waals surface area contributed by atoms with Crippen molar-refractivity contribution in [2.75, 3.05) is 26.3 Å². The number of ether oxygens (including phenoxy) is 1. The molecule has 6 nitrogen and oxygen atoms in total. The van der Waals surface area contributed by atoms with E-state index >= 15 is 0 Å². The fraction of sp³-hybridized carbons (Fsp3) is 0.900. The third-order valence-corrected chi connectivity index (χ3v) is 4.09. The van der Waals surface area contributed by atoms with E-state index in [0.717, 1.165) is 25.8 Å². The molecule has 0 fully saturated rings. The van der Waals surface area contributed by atoms with Gasteiger partial charge in [-0.1, -0.05) is 49.8 Å². The van der Waals surface area contributed by atoms with Crippen LogP contribution in [0.3, 0.4) is 0 Å². The number of aliphatic hydroxyl groups is 1. The molecule has 0 heterocycles.